The molecule has 0 aliphatic heterocycles. The number of carboxylic acids is 1. The second-order valence-electron chi connectivity index (χ2n) is 8.22. The highest BCUT2D eigenvalue weighted by atomic mass is 16.6. The van der Waals surface area contributed by atoms with Gasteiger partial charge in [0.2, 0.25) is 0 Å². The monoisotopic (exact) mass is 345 g/mol. The van der Waals surface area contributed by atoms with Gasteiger partial charge in [-0.05, 0) is 32.6 Å². The van der Waals surface area contributed by atoms with E-state index in [1.807, 2.05) is 20.8 Å². The highest BCUT2D eigenvalue weighted by Crippen LogP contribution is 2.33. The van der Waals surface area contributed by atoms with Crippen molar-refractivity contribution in [3.05, 3.63) is 0 Å². The smallest absolute Gasteiger partial charge is 0.313 e. The van der Waals surface area contributed by atoms with E-state index in [1.165, 1.54) is 13.8 Å². The Morgan fingerprint density at radius 3 is 1.88 bits per heavy atom. The molecule has 140 valence electrons. The zero-order valence-electron chi connectivity index (χ0n) is 15.6. The van der Waals surface area contributed by atoms with Crippen LogP contribution in [0.1, 0.15) is 54.4 Å². The molecule has 0 aliphatic rings. The minimum atomic E-state index is -1.20. The van der Waals surface area contributed by atoms with Gasteiger partial charge in [-0.2, -0.15) is 0 Å². The quantitative estimate of drug-likeness (QED) is 0.485. The number of rotatable bonds is 9. The van der Waals surface area contributed by atoms with Gasteiger partial charge in [0.25, 0.3) is 0 Å². The summed E-state index contributed by atoms with van der Waals surface area (Å²) in [6, 6.07) is 0. The maximum Gasteiger partial charge on any atom is 0.313 e. The van der Waals surface area contributed by atoms with E-state index in [0.717, 1.165) is 0 Å². The third-order valence-electron chi connectivity index (χ3n) is 3.61. The van der Waals surface area contributed by atoms with Crippen LogP contribution in [0.15, 0.2) is 0 Å². The molecule has 0 aromatic heterocycles. The van der Waals surface area contributed by atoms with Crippen molar-refractivity contribution in [3.63, 3.8) is 0 Å². The molecule has 0 amide bonds. The van der Waals surface area contributed by atoms with Gasteiger partial charge in [-0.3, -0.25) is 14.4 Å². The van der Waals surface area contributed by atoms with Crippen LogP contribution < -0.4 is 5.73 Å². The highest BCUT2D eigenvalue weighted by molar-refractivity contribution is 5.81. The van der Waals surface area contributed by atoms with Crippen LogP contribution in [0, 0.1) is 16.2 Å². The average Bonchev–Trinajstić information content (AvgIpc) is 2.40. The van der Waals surface area contributed by atoms with Gasteiger partial charge >= 0.3 is 17.9 Å². The fourth-order valence-electron chi connectivity index (χ4n) is 2.35. The first-order valence-corrected chi connectivity index (χ1v) is 8.00. The number of carboxylic acid groups (broad SMARTS) is 1. The molecule has 0 rings (SSSR count). The fourth-order valence-corrected chi connectivity index (χ4v) is 2.35. The normalized spacial score (nSPS) is 14.6. The number of ether oxygens (including phenoxy) is 2. The van der Waals surface area contributed by atoms with Crippen molar-refractivity contribution >= 4 is 17.9 Å². The van der Waals surface area contributed by atoms with E-state index < -0.39 is 28.7 Å². The van der Waals surface area contributed by atoms with Crippen molar-refractivity contribution in [2.45, 2.75) is 54.4 Å². The van der Waals surface area contributed by atoms with Crippen molar-refractivity contribution in [2.75, 3.05) is 19.8 Å². The molecule has 0 heterocycles. The van der Waals surface area contributed by atoms with Gasteiger partial charge in [-0.25, -0.2) is 0 Å². The lowest BCUT2D eigenvalue weighted by Crippen LogP contribution is -2.40. The first-order chi connectivity index (χ1) is 10.7. The van der Waals surface area contributed by atoms with E-state index in [-0.39, 0.29) is 31.6 Å². The second kappa shape index (κ2) is 8.46. The summed E-state index contributed by atoms with van der Waals surface area (Å²) in [6.07, 6.45) is 0.322. The van der Waals surface area contributed by atoms with Crippen LogP contribution in [-0.2, 0) is 23.9 Å². The average molecular weight is 345 g/mol. The summed E-state index contributed by atoms with van der Waals surface area (Å²) in [5.41, 5.74) is 3.65. The second-order valence-corrected chi connectivity index (χ2v) is 8.22. The number of aliphatic carboxylic acids is 1. The molecular formula is C17H31NO6. The van der Waals surface area contributed by atoms with Crippen molar-refractivity contribution < 1.29 is 29.0 Å². The number of carbonyl (C=O) groups is 3. The van der Waals surface area contributed by atoms with Gasteiger partial charge in [0.15, 0.2) is 0 Å². The molecule has 0 saturated heterocycles. The van der Waals surface area contributed by atoms with Crippen LogP contribution in [0.5, 0.6) is 0 Å². The summed E-state index contributed by atoms with van der Waals surface area (Å²) in [7, 11) is 0. The molecule has 0 spiro atoms. The zero-order chi connectivity index (χ0) is 19.2. The molecule has 24 heavy (non-hydrogen) atoms. The number of nitrogens with two attached hydrogens (primary N) is 1. The number of esters is 2. The fraction of sp³-hybridized carbons (Fsp3) is 0.824. The molecular weight excluding hydrogens is 314 g/mol. The Kier molecular flexibility index (Phi) is 7.89. The Labute approximate surface area is 143 Å². The maximum atomic E-state index is 12.2. The number of hydrogen-bond donors (Lipinski definition) is 2. The van der Waals surface area contributed by atoms with Gasteiger partial charge in [0.05, 0.1) is 17.3 Å². The molecule has 1 unspecified atom stereocenters. The number of hydrogen-bond acceptors (Lipinski definition) is 6. The molecule has 1 atom stereocenters. The lowest BCUT2D eigenvalue weighted by Gasteiger charge is -2.32. The predicted molar refractivity (Wildman–Crippen MR) is 89.2 cm³/mol. The molecule has 0 bridgehead atoms. The van der Waals surface area contributed by atoms with Crippen LogP contribution in [0.2, 0.25) is 0 Å². The molecule has 7 heteroatoms. The van der Waals surface area contributed by atoms with Crippen molar-refractivity contribution in [1.29, 1.82) is 0 Å². The van der Waals surface area contributed by atoms with Gasteiger partial charge < -0.3 is 20.3 Å². The molecule has 7 nitrogen and oxygen atoms in total. The Hall–Kier alpha value is -1.63. The van der Waals surface area contributed by atoms with Gasteiger partial charge in [0, 0.05) is 6.54 Å². The molecule has 0 radical (unpaired) electrons. The van der Waals surface area contributed by atoms with Crippen LogP contribution in [-0.4, -0.2) is 42.8 Å². The summed E-state index contributed by atoms with van der Waals surface area (Å²) < 4.78 is 10.1. The van der Waals surface area contributed by atoms with E-state index in [4.69, 9.17) is 20.3 Å². The molecule has 0 fully saturated rings. The molecule has 0 aromatic carbocycles. The lowest BCUT2D eigenvalue weighted by atomic mass is 9.75. The van der Waals surface area contributed by atoms with Gasteiger partial charge in [0.1, 0.15) is 13.2 Å². The highest BCUT2D eigenvalue weighted by Gasteiger charge is 2.37. The van der Waals surface area contributed by atoms with E-state index in [1.54, 1.807) is 6.92 Å². The Bertz CT molecular complexity index is 466. The van der Waals surface area contributed by atoms with Crippen LogP contribution in [0.3, 0.4) is 0 Å². The van der Waals surface area contributed by atoms with Crippen LogP contribution in [0.25, 0.3) is 0 Å². The van der Waals surface area contributed by atoms with Gasteiger partial charge in [-0.1, -0.05) is 20.8 Å². The van der Waals surface area contributed by atoms with E-state index >= 15 is 0 Å². The summed E-state index contributed by atoms with van der Waals surface area (Å²) >= 11 is 0. The van der Waals surface area contributed by atoms with Gasteiger partial charge in [-0.15, -0.1) is 0 Å². The Morgan fingerprint density at radius 1 is 0.958 bits per heavy atom. The Morgan fingerprint density at radius 2 is 1.46 bits per heavy atom. The van der Waals surface area contributed by atoms with E-state index in [0.29, 0.717) is 6.42 Å². The molecule has 0 saturated carbocycles. The molecule has 3 N–H and O–H groups in total. The predicted octanol–water partition coefficient (Wildman–Crippen LogP) is 1.97. The van der Waals surface area contributed by atoms with Crippen molar-refractivity contribution in [1.82, 2.24) is 0 Å². The minimum Gasteiger partial charge on any atom is -0.481 e. The third-order valence-corrected chi connectivity index (χ3v) is 3.61. The lowest BCUT2D eigenvalue weighted by molar-refractivity contribution is -0.162. The topological polar surface area (TPSA) is 116 Å². The van der Waals surface area contributed by atoms with E-state index in [2.05, 4.69) is 0 Å². The third kappa shape index (κ3) is 7.77. The van der Waals surface area contributed by atoms with Crippen LogP contribution >= 0.6 is 0 Å². The summed E-state index contributed by atoms with van der Waals surface area (Å²) in [5.74, 6) is -2.15. The SMILES string of the molecule is CC(C)(C)CC(C)(CN)C(=O)OCCOC(=O)CC(C)(C)C(=O)O. The van der Waals surface area contributed by atoms with E-state index in [9.17, 15) is 14.4 Å². The molecule has 0 aliphatic carbocycles. The zero-order valence-corrected chi connectivity index (χ0v) is 15.6. The van der Waals surface area contributed by atoms with Crippen molar-refractivity contribution in [3.8, 4) is 0 Å². The minimum absolute atomic E-state index is 0.0813. The first kappa shape index (κ1) is 22.4. The van der Waals surface area contributed by atoms with Crippen LogP contribution in [0.4, 0.5) is 0 Å². The van der Waals surface area contributed by atoms with Crippen molar-refractivity contribution in [2.24, 2.45) is 22.0 Å². The summed E-state index contributed by atoms with van der Waals surface area (Å²) in [4.78, 5) is 34.8. The largest absolute Gasteiger partial charge is 0.481 e. The molecule has 0 aromatic rings. The standard InChI is InChI=1S/C17H31NO6/c1-15(2,3)10-17(6,11-18)14(22)24-8-7-23-12(19)9-16(4,5)13(20)21/h7-11,18H2,1-6H3,(H,20,21). The maximum absolute atomic E-state index is 12.2. The summed E-state index contributed by atoms with van der Waals surface area (Å²) in [6.45, 7) is 10.6. The summed E-state index contributed by atoms with van der Waals surface area (Å²) in [5, 5.41) is 8.96. The number of carbonyl (C=O) groups excluding carboxylic acids is 2. The Balaban J connectivity index is 4.34. The first-order valence-electron chi connectivity index (χ1n) is 8.00.